The minimum atomic E-state index is -0.852. The van der Waals surface area contributed by atoms with Crippen molar-refractivity contribution in [2.45, 2.75) is 347 Å². The molecule has 0 aromatic rings. The summed E-state index contributed by atoms with van der Waals surface area (Å²) < 4.78 is 0. The molecule has 0 aromatic heterocycles. The number of aliphatic hydroxyl groups excluding tert-OH is 2. The van der Waals surface area contributed by atoms with Crippen molar-refractivity contribution in [1.29, 1.82) is 0 Å². The highest BCUT2D eigenvalue weighted by Gasteiger charge is 2.18. The van der Waals surface area contributed by atoms with Crippen LogP contribution in [-0.2, 0) is 4.79 Å². The van der Waals surface area contributed by atoms with Crippen LogP contribution < -0.4 is 5.32 Å². The van der Waals surface area contributed by atoms with E-state index in [2.05, 4.69) is 129 Å². The van der Waals surface area contributed by atoms with Crippen molar-refractivity contribution in [2.24, 2.45) is 0 Å². The summed E-state index contributed by atoms with van der Waals surface area (Å²) in [6, 6.07) is -0.636. The van der Waals surface area contributed by atoms with E-state index in [4.69, 9.17) is 0 Å². The number of carbonyl (C=O) groups is 1. The molecule has 460 valence electrons. The fourth-order valence-electron chi connectivity index (χ4n) is 10.2. The summed E-state index contributed by atoms with van der Waals surface area (Å²) in [5.41, 5.74) is 0. The third-order valence-corrected chi connectivity index (χ3v) is 15.5. The van der Waals surface area contributed by atoms with Gasteiger partial charge in [-0.05, 0) is 89.9 Å². The van der Waals surface area contributed by atoms with Gasteiger partial charge in [-0.2, -0.15) is 0 Å². The fourth-order valence-corrected chi connectivity index (χ4v) is 10.2. The van der Waals surface area contributed by atoms with Gasteiger partial charge in [0.05, 0.1) is 18.8 Å². The molecule has 0 saturated heterocycles. The molecule has 2 unspecified atom stereocenters. The van der Waals surface area contributed by atoms with Crippen molar-refractivity contribution in [1.82, 2.24) is 5.32 Å². The van der Waals surface area contributed by atoms with Gasteiger partial charge in [0.1, 0.15) is 0 Å². The molecular formula is C76H133NO3. The molecule has 0 aromatic carbocycles. The van der Waals surface area contributed by atoms with Crippen LogP contribution in [0.5, 0.6) is 0 Å². The van der Waals surface area contributed by atoms with E-state index in [1.54, 1.807) is 6.08 Å². The maximum atomic E-state index is 12.5. The minimum Gasteiger partial charge on any atom is -0.394 e. The second-order valence-electron chi connectivity index (χ2n) is 23.2. The monoisotopic (exact) mass is 1110 g/mol. The minimum absolute atomic E-state index is 0.0713. The maximum Gasteiger partial charge on any atom is 0.220 e. The number of allylic oxidation sites excluding steroid dienone is 19. The Kier molecular flexibility index (Phi) is 67.2. The van der Waals surface area contributed by atoms with Crippen molar-refractivity contribution in [3.8, 4) is 0 Å². The van der Waals surface area contributed by atoms with Gasteiger partial charge in [0, 0.05) is 6.42 Å². The van der Waals surface area contributed by atoms with Crippen LogP contribution in [0.3, 0.4) is 0 Å². The van der Waals surface area contributed by atoms with E-state index in [9.17, 15) is 15.0 Å². The molecule has 3 N–H and O–H groups in total. The summed E-state index contributed by atoms with van der Waals surface area (Å²) in [7, 11) is 0. The predicted octanol–water partition coefficient (Wildman–Crippen LogP) is 23.9. The number of unbranched alkanes of at least 4 members (excludes halogenated alkanes) is 38. The standard InChI is InChI=1S/C76H133NO3/c1-3-5-7-9-11-13-15-17-19-21-23-25-27-29-31-33-35-36-37-38-39-40-42-44-46-48-50-52-54-56-58-60-62-64-66-68-70-72-76(80)77-74(73-78)75(79)71-69-67-65-63-61-59-57-55-53-51-49-47-45-43-41-34-32-30-28-26-24-22-20-18-16-14-12-10-8-6-4-2/h5,7,11,13,17,19,23,25,29,31,35-36,38-39,42,44,48,50,69,71,74-75,78-79H,3-4,6,8-10,12,14-16,18,20-22,24,26-28,30,32-34,37,40-41,43,45-47,49,51-68,70,72-73H2,1-2H3,(H,77,80)/b7-5-,13-11-,19-17-,25-23-,31-29-,36-35-,39-38-,44-42-,50-48-,71-69+. The lowest BCUT2D eigenvalue weighted by Crippen LogP contribution is -2.45. The quantitative estimate of drug-likeness (QED) is 0.0420. The Morgan fingerprint density at radius 1 is 0.312 bits per heavy atom. The van der Waals surface area contributed by atoms with Crippen LogP contribution in [0.15, 0.2) is 122 Å². The van der Waals surface area contributed by atoms with Crippen LogP contribution in [0.1, 0.15) is 335 Å². The van der Waals surface area contributed by atoms with Gasteiger partial charge in [0.25, 0.3) is 0 Å². The van der Waals surface area contributed by atoms with Crippen molar-refractivity contribution in [3.05, 3.63) is 122 Å². The Labute approximate surface area is 499 Å². The first-order chi connectivity index (χ1) is 39.7. The first-order valence-corrected chi connectivity index (χ1v) is 34.7. The van der Waals surface area contributed by atoms with E-state index in [1.807, 2.05) is 6.08 Å². The third kappa shape index (κ3) is 65.6. The van der Waals surface area contributed by atoms with Gasteiger partial charge in [0.15, 0.2) is 0 Å². The van der Waals surface area contributed by atoms with Crippen LogP contribution in [0, 0.1) is 0 Å². The first-order valence-electron chi connectivity index (χ1n) is 34.7. The molecule has 0 spiro atoms. The molecule has 1 amide bonds. The second-order valence-corrected chi connectivity index (χ2v) is 23.2. The Morgan fingerprint density at radius 2 is 0.550 bits per heavy atom. The van der Waals surface area contributed by atoms with E-state index in [0.29, 0.717) is 6.42 Å². The normalized spacial score (nSPS) is 13.5. The molecule has 0 aliphatic carbocycles. The van der Waals surface area contributed by atoms with Gasteiger partial charge in [-0.15, -0.1) is 0 Å². The molecule has 4 heteroatoms. The SMILES string of the molecule is CC/C=C\C/C=C\C/C=C\C/C=C\C/C=C\C/C=C\C/C=C\C/C=C\C/C=C\CCCCCCCCCCCC(=O)NC(CO)C(O)/C=C/CCCCCCCCCCCCCCCCCCCCCCCCCCCCCCC. The largest absolute Gasteiger partial charge is 0.394 e. The zero-order valence-electron chi connectivity index (χ0n) is 53.1. The lowest BCUT2D eigenvalue weighted by Gasteiger charge is -2.20. The lowest BCUT2D eigenvalue weighted by atomic mass is 10.0. The van der Waals surface area contributed by atoms with Gasteiger partial charge in [-0.1, -0.05) is 360 Å². The molecule has 0 fully saturated rings. The van der Waals surface area contributed by atoms with E-state index in [1.165, 1.54) is 225 Å². The molecule has 80 heavy (non-hydrogen) atoms. The summed E-state index contributed by atoms with van der Waals surface area (Å²) in [4.78, 5) is 12.5. The van der Waals surface area contributed by atoms with Gasteiger partial charge < -0.3 is 15.5 Å². The molecule has 0 heterocycles. The number of nitrogens with one attached hydrogen (secondary N) is 1. The number of aliphatic hydroxyl groups is 2. The molecule has 0 aliphatic heterocycles. The maximum absolute atomic E-state index is 12.5. The summed E-state index contributed by atoms with van der Waals surface area (Å²) >= 11 is 0. The Hall–Kier alpha value is -3.21. The molecule has 2 atom stereocenters. The summed E-state index contributed by atoms with van der Waals surface area (Å²) in [5.74, 6) is -0.0713. The van der Waals surface area contributed by atoms with E-state index < -0.39 is 12.1 Å². The summed E-state index contributed by atoms with van der Waals surface area (Å²) in [6.45, 7) is 4.22. The Bertz CT molecular complexity index is 1540. The highest BCUT2D eigenvalue weighted by molar-refractivity contribution is 5.76. The van der Waals surface area contributed by atoms with E-state index in [0.717, 1.165) is 89.9 Å². The fraction of sp³-hybridized carbons (Fsp3) is 0.724. The summed E-state index contributed by atoms with van der Waals surface area (Å²) in [5, 5.41) is 23.3. The third-order valence-electron chi connectivity index (χ3n) is 15.5. The highest BCUT2D eigenvalue weighted by atomic mass is 16.3. The Balaban J connectivity index is 3.55. The van der Waals surface area contributed by atoms with Gasteiger partial charge >= 0.3 is 0 Å². The van der Waals surface area contributed by atoms with Crippen molar-refractivity contribution >= 4 is 5.91 Å². The van der Waals surface area contributed by atoms with Crippen LogP contribution in [0.2, 0.25) is 0 Å². The van der Waals surface area contributed by atoms with Gasteiger partial charge in [0.2, 0.25) is 5.91 Å². The van der Waals surface area contributed by atoms with Gasteiger partial charge in [-0.3, -0.25) is 4.79 Å². The molecule has 4 nitrogen and oxygen atoms in total. The summed E-state index contributed by atoms with van der Waals surface area (Å²) in [6.07, 6.45) is 107. The van der Waals surface area contributed by atoms with Crippen molar-refractivity contribution < 1.29 is 15.0 Å². The zero-order chi connectivity index (χ0) is 57.6. The Morgan fingerprint density at radius 3 is 0.825 bits per heavy atom. The first kappa shape index (κ1) is 76.8. The average Bonchev–Trinajstić information content (AvgIpc) is 3.46. The van der Waals surface area contributed by atoms with Crippen LogP contribution in [0.25, 0.3) is 0 Å². The number of hydrogen-bond acceptors (Lipinski definition) is 3. The lowest BCUT2D eigenvalue weighted by molar-refractivity contribution is -0.123. The van der Waals surface area contributed by atoms with Crippen LogP contribution in [-0.4, -0.2) is 34.9 Å². The van der Waals surface area contributed by atoms with Crippen molar-refractivity contribution in [3.63, 3.8) is 0 Å². The molecule has 0 bridgehead atoms. The number of rotatable bonds is 63. The highest BCUT2D eigenvalue weighted by Crippen LogP contribution is 2.18. The van der Waals surface area contributed by atoms with Crippen LogP contribution in [0.4, 0.5) is 0 Å². The van der Waals surface area contributed by atoms with Crippen LogP contribution >= 0.6 is 0 Å². The van der Waals surface area contributed by atoms with E-state index in [-0.39, 0.29) is 12.5 Å². The second kappa shape index (κ2) is 70.1. The smallest absolute Gasteiger partial charge is 0.220 e. The molecule has 0 rings (SSSR count). The average molecular weight is 1110 g/mol. The van der Waals surface area contributed by atoms with E-state index >= 15 is 0 Å². The number of carbonyl (C=O) groups excluding carboxylic acids is 1. The topological polar surface area (TPSA) is 69.6 Å². The number of hydrogen-bond donors (Lipinski definition) is 3. The molecular weight excluding hydrogens is 975 g/mol. The molecule has 0 radical (unpaired) electrons. The molecule has 0 aliphatic rings. The van der Waals surface area contributed by atoms with Gasteiger partial charge in [-0.25, -0.2) is 0 Å². The number of amides is 1. The molecule has 0 saturated carbocycles. The predicted molar refractivity (Wildman–Crippen MR) is 359 cm³/mol. The van der Waals surface area contributed by atoms with Crippen molar-refractivity contribution in [2.75, 3.05) is 6.61 Å². The zero-order valence-corrected chi connectivity index (χ0v) is 53.1.